The lowest BCUT2D eigenvalue weighted by atomic mass is 10.3. The first-order valence-corrected chi connectivity index (χ1v) is 6.43. The minimum atomic E-state index is -1.55. The number of hydrogen-bond donors (Lipinski definition) is 1. The summed E-state index contributed by atoms with van der Waals surface area (Å²) in [5.41, 5.74) is 1.35. The number of carbonyl (C=O) groups is 1. The molecule has 0 bridgehead atoms. The van der Waals surface area contributed by atoms with E-state index in [1.54, 1.807) is 6.92 Å². The first-order chi connectivity index (χ1) is 9.52. The van der Waals surface area contributed by atoms with Gasteiger partial charge in [0.25, 0.3) is 0 Å². The van der Waals surface area contributed by atoms with Crippen LogP contribution in [0.25, 0.3) is 0 Å². The van der Waals surface area contributed by atoms with Crippen LogP contribution in [0.15, 0.2) is 17.6 Å². The highest BCUT2D eigenvalue weighted by atomic mass is 32.1. The van der Waals surface area contributed by atoms with Gasteiger partial charge in [-0.2, -0.15) is 0 Å². The number of hydrogen-bond acceptors (Lipinski definition) is 5. The Balaban J connectivity index is 2.27. The normalized spacial score (nSPS) is 10.4. The Kier molecular flexibility index (Phi) is 4.23. The number of ether oxygens (including phenoxy) is 1. The summed E-state index contributed by atoms with van der Waals surface area (Å²) >= 11 is 1.05. The van der Waals surface area contributed by atoms with Crippen LogP contribution in [0.2, 0.25) is 0 Å². The Morgan fingerprint density at radius 2 is 2.00 bits per heavy atom. The first-order valence-electron chi connectivity index (χ1n) is 5.55. The van der Waals surface area contributed by atoms with E-state index < -0.39 is 23.4 Å². The molecule has 0 aliphatic rings. The van der Waals surface area contributed by atoms with Crippen LogP contribution in [0.4, 0.5) is 23.9 Å². The number of thiazole rings is 1. The van der Waals surface area contributed by atoms with Crippen molar-refractivity contribution in [2.24, 2.45) is 0 Å². The van der Waals surface area contributed by atoms with E-state index in [1.165, 1.54) is 5.51 Å². The van der Waals surface area contributed by atoms with Crippen molar-refractivity contribution in [2.75, 3.05) is 11.9 Å². The van der Waals surface area contributed by atoms with E-state index in [-0.39, 0.29) is 23.0 Å². The summed E-state index contributed by atoms with van der Waals surface area (Å²) in [5, 5.41) is 2.87. The van der Waals surface area contributed by atoms with Gasteiger partial charge in [-0.15, -0.1) is 11.3 Å². The Morgan fingerprint density at radius 1 is 1.35 bits per heavy atom. The second-order valence-corrected chi connectivity index (χ2v) is 4.48. The smallest absolute Gasteiger partial charge is 0.360 e. The molecule has 1 heterocycles. The zero-order valence-corrected chi connectivity index (χ0v) is 11.1. The van der Waals surface area contributed by atoms with Crippen LogP contribution < -0.4 is 5.32 Å². The zero-order valence-electron chi connectivity index (χ0n) is 10.2. The summed E-state index contributed by atoms with van der Waals surface area (Å²) < 4.78 is 43.8. The number of nitrogens with zero attached hydrogens (tertiary/aromatic N) is 1. The monoisotopic (exact) mass is 302 g/mol. The average molecular weight is 302 g/mol. The quantitative estimate of drug-likeness (QED) is 0.694. The molecule has 0 radical (unpaired) electrons. The molecule has 1 aromatic carbocycles. The number of aromatic nitrogens is 1. The molecule has 2 aromatic rings. The Labute approximate surface area is 116 Å². The van der Waals surface area contributed by atoms with Crippen LogP contribution in [-0.4, -0.2) is 17.6 Å². The number of esters is 1. The Hall–Kier alpha value is -2.09. The number of nitrogens with one attached hydrogen (secondary N) is 1. The summed E-state index contributed by atoms with van der Waals surface area (Å²) in [4.78, 5) is 15.4. The zero-order chi connectivity index (χ0) is 14.7. The summed E-state index contributed by atoms with van der Waals surface area (Å²) in [6, 6.07) is 1.57. The highest BCUT2D eigenvalue weighted by Crippen LogP contribution is 2.27. The van der Waals surface area contributed by atoms with Gasteiger partial charge in [0.1, 0.15) is 5.00 Å². The van der Waals surface area contributed by atoms with E-state index in [0.717, 1.165) is 23.5 Å². The van der Waals surface area contributed by atoms with Crippen LogP contribution in [0, 0.1) is 17.5 Å². The highest BCUT2D eigenvalue weighted by molar-refractivity contribution is 7.14. The number of halogens is 3. The number of rotatable bonds is 4. The SMILES string of the molecule is CCOC(=O)c1ncsc1Nc1cc(F)c(F)c(F)c1. The molecule has 1 aromatic heterocycles. The van der Waals surface area contributed by atoms with Crippen molar-refractivity contribution >= 4 is 28.0 Å². The molecule has 106 valence electrons. The van der Waals surface area contributed by atoms with Crippen LogP contribution in [0.5, 0.6) is 0 Å². The lowest BCUT2D eigenvalue weighted by Crippen LogP contribution is -2.07. The molecule has 0 saturated heterocycles. The standard InChI is InChI=1S/C12H9F3N2O2S/c1-2-19-12(18)10-11(20-5-16-10)17-6-3-7(13)9(15)8(14)4-6/h3-5,17H,2H2,1H3. The van der Waals surface area contributed by atoms with E-state index >= 15 is 0 Å². The summed E-state index contributed by atoms with van der Waals surface area (Å²) in [6.45, 7) is 1.82. The number of carbonyl (C=O) groups excluding carboxylic acids is 1. The molecule has 20 heavy (non-hydrogen) atoms. The maximum atomic E-state index is 13.1. The van der Waals surface area contributed by atoms with Crippen molar-refractivity contribution < 1.29 is 22.7 Å². The van der Waals surface area contributed by atoms with E-state index in [0.29, 0.717) is 0 Å². The molecule has 0 unspecified atom stereocenters. The number of anilines is 2. The van der Waals surface area contributed by atoms with Crippen molar-refractivity contribution in [1.29, 1.82) is 0 Å². The van der Waals surface area contributed by atoms with Gasteiger partial charge in [0.2, 0.25) is 0 Å². The van der Waals surface area contributed by atoms with Crippen molar-refractivity contribution in [1.82, 2.24) is 4.98 Å². The van der Waals surface area contributed by atoms with Crippen LogP contribution in [0.1, 0.15) is 17.4 Å². The molecule has 8 heteroatoms. The maximum Gasteiger partial charge on any atom is 0.360 e. The fourth-order valence-electron chi connectivity index (χ4n) is 1.44. The third-order valence-corrected chi connectivity index (χ3v) is 3.02. The first kappa shape index (κ1) is 14.3. The van der Waals surface area contributed by atoms with Gasteiger partial charge in [-0.3, -0.25) is 0 Å². The van der Waals surface area contributed by atoms with E-state index in [2.05, 4.69) is 10.3 Å². The molecule has 0 atom stereocenters. The fraction of sp³-hybridized carbons (Fsp3) is 0.167. The van der Waals surface area contributed by atoms with Gasteiger partial charge in [0.05, 0.1) is 12.1 Å². The molecule has 0 aliphatic heterocycles. The minimum absolute atomic E-state index is 0.00184. The third kappa shape index (κ3) is 2.90. The van der Waals surface area contributed by atoms with Crippen molar-refractivity contribution in [2.45, 2.75) is 6.92 Å². The molecule has 0 saturated carbocycles. The van der Waals surface area contributed by atoms with Gasteiger partial charge < -0.3 is 10.1 Å². The summed E-state index contributed by atoms with van der Waals surface area (Å²) in [7, 11) is 0. The Morgan fingerprint density at radius 3 is 2.60 bits per heavy atom. The van der Waals surface area contributed by atoms with Crippen molar-refractivity contribution in [3.05, 3.63) is 40.8 Å². The van der Waals surface area contributed by atoms with Crippen LogP contribution >= 0.6 is 11.3 Å². The molecule has 1 N–H and O–H groups in total. The molecular formula is C12H9F3N2O2S. The molecule has 0 aliphatic carbocycles. The fourth-order valence-corrected chi connectivity index (χ4v) is 2.13. The van der Waals surface area contributed by atoms with Crippen molar-refractivity contribution in [3.8, 4) is 0 Å². The lowest BCUT2D eigenvalue weighted by Gasteiger charge is -2.07. The second kappa shape index (κ2) is 5.91. The van der Waals surface area contributed by atoms with Gasteiger partial charge in [-0.1, -0.05) is 0 Å². The number of benzene rings is 1. The highest BCUT2D eigenvalue weighted by Gasteiger charge is 2.17. The molecule has 0 fully saturated rings. The van der Waals surface area contributed by atoms with E-state index in [9.17, 15) is 18.0 Å². The van der Waals surface area contributed by atoms with Crippen molar-refractivity contribution in [3.63, 3.8) is 0 Å². The Bertz CT molecular complexity index is 622. The predicted molar refractivity (Wildman–Crippen MR) is 67.7 cm³/mol. The van der Waals surface area contributed by atoms with Gasteiger partial charge >= 0.3 is 5.97 Å². The summed E-state index contributed by atoms with van der Waals surface area (Å²) in [5.74, 6) is -4.85. The topological polar surface area (TPSA) is 51.2 Å². The van der Waals surface area contributed by atoms with Gasteiger partial charge in [0.15, 0.2) is 23.1 Å². The summed E-state index contributed by atoms with van der Waals surface area (Å²) in [6.07, 6.45) is 0. The molecule has 4 nitrogen and oxygen atoms in total. The van der Waals surface area contributed by atoms with Crippen LogP contribution in [-0.2, 0) is 4.74 Å². The second-order valence-electron chi connectivity index (χ2n) is 3.63. The molecule has 2 rings (SSSR count). The van der Waals surface area contributed by atoms with Gasteiger partial charge in [0, 0.05) is 17.8 Å². The van der Waals surface area contributed by atoms with Gasteiger partial charge in [-0.25, -0.2) is 22.9 Å². The average Bonchev–Trinajstić information content (AvgIpc) is 2.84. The predicted octanol–water partition coefficient (Wildman–Crippen LogP) is 3.48. The largest absolute Gasteiger partial charge is 0.461 e. The third-order valence-electron chi connectivity index (χ3n) is 2.28. The molecule has 0 spiro atoms. The minimum Gasteiger partial charge on any atom is -0.461 e. The molecule has 0 amide bonds. The van der Waals surface area contributed by atoms with Gasteiger partial charge in [-0.05, 0) is 6.92 Å². The van der Waals surface area contributed by atoms with E-state index in [4.69, 9.17) is 4.74 Å². The maximum absolute atomic E-state index is 13.1. The van der Waals surface area contributed by atoms with Crippen LogP contribution in [0.3, 0.4) is 0 Å². The lowest BCUT2D eigenvalue weighted by molar-refractivity contribution is 0.0521. The molecular weight excluding hydrogens is 293 g/mol. The van der Waals surface area contributed by atoms with E-state index in [1.807, 2.05) is 0 Å².